The van der Waals surface area contributed by atoms with Crippen LogP contribution in [-0.4, -0.2) is 41.5 Å². The quantitative estimate of drug-likeness (QED) is 0.610. The first kappa shape index (κ1) is 16.4. The van der Waals surface area contributed by atoms with E-state index in [1.54, 1.807) is 38.1 Å². The number of esters is 1. The summed E-state index contributed by atoms with van der Waals surface area (Å²) in [6, 6.07) is 5.22. The minimum atomic E-state index is -0.614. The van der Waals surface area contributed by atoms with Crippen molar-refractivity contribution in [2.45, 2.75) is 20.0 Å². The predicted octanol–water partition coefficient (Wildman–Crippen LogP) is 2.40. The van der Waals surface area contributed by atoms with E-state index in [0.29, 0.717) is 17.1 Å². The number of thioether (sulfide) groups is 1. The third-order valence-corrected chi connectivity index (χ3v) is 4.13. The van der Waals surface area contributed by atoms with Crippen LogP contribution in [0.3, 0.4) is 0 Å². The standard InChI is InChI=1S/C16H15NO6S/c1-9(2)23-14(18)7-17-15(19)13(24-16(17)20)6-10-3-4-11-12(5-10)22-8-21-11/h3-6,9H,7-8H2,1-2H3/b13-6+. The number of ether oxygens (including phenoxy) is 3. The highest BCUT2D eigenvalue weighted by atomic mass is 32.2. The van der Waals surface area contributed by atoms with E-state index in [4.69, 9.17) is 14.2 Å². The number of fused-ring (bicyclic) bond motifs is 1. The number of nitrogens with zero attached hydrogens (tertiary/aromatic N) is 1. The van der Waals surface area contributed by atoms with Crippen LogP contribution in [0.2, 0.25) is 0 Å². The lowest BCUT2D eigenvalue weighted by Gasteiger charge is -2.13. The molecule has 2 aliphatic heterocycles. The zero-order valence-electron chi connectivity index (χ0n) is 13.1. The van der Waals surface area contributed by atoms with Gasteiger partial charge in [0.15, 0.2) is 11.5 Å². The molecule has 1 aromatic rings. The van der Waals surface area contributed by atoms with Gasteiger partial charge in [-0.05, 0) is 49.4 Å². The van der Waals surface area contributed by atoms with Crippen molar-refractivity contribution in [3.8, 4) is 11.5 Å². The molecule has 0 bridgehead atoms. The summed E-state index contributed by atoms with van der Waals surface area (Å²) in [6.45, 7) is 3.17. The van der Waals surface area contributed by atoms with Crippen molar-refractivity contribution in [3.05, 3.63) is 28.7 Å². The van der Waals surface area contributed by atoms with Gasteiger partial charge in [-0.2, -0.15) is 0 Å². The Hall–Kier alpha value is -2.48. The lowest BCUT2D eigenvalue weighted by Crippen LogP contribution is -2.35. The lowest BCUT2D eigenvalue weighted by atomic mass is 10.2. The van der Waals surface area contributed by atoms with Gasteiger partial charge in [0.1, 0.15) is 6.54 Å². The van der Waals surface area contributed by atoms with E-state index >= 15 is 0 Å². The summed E-state index contributed by atoms with van der Waals surface area (Å²) in [5, 5.41) is -0.493. The molecule has 126 valence electrons. The van der Waals surface area contributed by atoms with Gasteiger partial charge in [0.05, 0.1) is 11.0 Å². The Labute approximate surface area is 142 Å². The van der Waals surface area contributed by atoms with Crippen molar-refractivity contribution >= 4 is 35.0 Å². The first-order valence-electron chi connectivity index (χ1n) is 7.28. The molecule has 3 rings (SSSR count). The maximum atomic E-state index is 12.3. The summed E-state index contributed by atoms with van der Waals surface area (Å²) in [4.78, 5) is 37.1. The van der Waals surface area contributed by atoms with Crippen molar-refractivity contribution in [3.63, 3.8) is 0 Å². The number of rotatable bonds is 4. The van der Waals surface area contributed by atoms with Crippen molar-refractivity contribution in [1.29, 1.82) is 0 Å². The third-order valence-electron chi connectivity index (χ3n) is 3.22. The maximum Gasteiger partial charge on any atom is 0.326 e. The number of imide groups is 1. The van der Waals surface area contributed by atoms with Crippen molar-refractivity contribution < 1.29 is 28.6 Å². The van der Waals surface area contributed by atoms with Crippen LogP contribution in [0.25, 0.3) is 6.08 Å². The van der Waals surface area contributed by atoms with E-state index in [2.05, 4.69) is 0 Å². The highest BCUT2D eigenvalue weighted by Crippen LogP contribution is 2.36. The van der Waals surface area contributed by atoms with Crippen molar-refractivity contribution in [2.24, 2.45) is 0 Å². The number of carbonyl (C=O) groups excluding carboxylic acids is 3. The Balaban J connectivity index is 1.74. The molecule has 0 unspecified atom stereocenters. The molecule has 2 aliphatic rings. The minimum absolute atomic E-state index is 0.160. The van der Waals surface area contributed by atoms with Crippen LogP contribution in [-0.2, 0) is 14.3 Å². The van der Waals surface area contributed by atoms with Gasteiger partial charge >= 0.3 is 5.97 Å². The highest BCUT2D eigenvalue weighted by molar-refractivity contribution is 8.18. The van der Waals surface area contributed by atoms with Crippen LogP contribution in [0.5, 0.6) is 11.5 Å². The maximum absolute atomic E-state index is 12.3. The zero-order valence-corrected chi connectivity index (χ0v) is 13.9. The molecule has 1 saturated heterocycles. The molecule has 2 amide bonds. The van der Waals surface area contributed by atoms with Gasteiger partial charge in [-0.1, -0.05) is 6.07 Å². The van der Waals surface area contributed by atoms with Crippen LogP contribution in [0.1, 0.15) is 19.4 Å². The molecule has 0 spiro atoms. The number of benzene rings is 1. The van der Waals surface area contributed by atoms with Gasteiger partial charge in [0, 0.05) is 0 Å². The van der Waals surface area contributed by atoms with Gasteiger partial charge < -0.3 is 14.2 Å². The van der Waals surface area contributed by atoms with Gasteiger partial charge in [0.25, 0.3) is 11.1 Å². The molecule has 0 aromatic heterocycles. The van der Waals surface area contributed by atoms with Crippen LogP contribution >= 0.6 is 11.8 Å². The van der Waals surface area contributed by atoms with E-state index in [0.717, 1.165) is 16.7 Å². The first-order chi connectivity index (χ1) is 11.4. The second-order valence-corrected chi connectivity index (χ2v) is 6.41. The van der Waals surface area contributed by atoms with E-state index < -0.39 is 17.1 Å². The predicted molar refractivity (Wildman–Crippen MR) is 86.5 cm³/mol. The normalized spacial score (nSPS) is 18.0. The topological polar surface area (TPSA) is 82.1 Å². The molecule has 1 aromatic carbocycles. The smallest absolute Gasteiger partial charge is 0.326 e. The largest absolute Gasteiger partial charge is 0.462 e. The Morgan fingerprint density at radius 1 is 1.33 bits per heavy atom. The summed E-state index contributed by atoms with van der Waals surface area (Å²) in [6.07, 6.45) is 1.28. The molecule has 2 heterocycles. The average Bonchev–Trinajstić information content (AvgIpc) is 3.06. The first-order valence-corrected chi connectivity index (χ1v) is 8.10. The van der Waals surface area contributed by atoms with E-state index in [9.17, 15) is 14.4 Å². The molecule has 0 atom stereocenters. The van der Waals surface area contributed by atoms with E-state index in [-0.39, 0.29) is 24.3 Å². The molecular weight excluding hydrogens is 334 g/mol. The number of amides is 2. The summed E-state index contributed by atoms with van der Waals surface area (Å²) in [5.41, 5.74) is 0.703. The second kappa shape index (κ2) is 6.56. The summed E-state index contributed by atoms with van der Waals surface area (Å²) in [7, 11) is 0. The SMILES string of the molecule is CC(C)OC(=O)CN1C(=O)S/C(=C/c2ccc3c(c2)OCO3)C1=O. The van der Waals surface area contributed by atoms with Gasteiger partial charge in [-0.25, -0.2) is 0 Å². The monoisotopic (exact) mass is 349 g/mol. The second-order valence-electron chi connectivity index (χ2n) is 5.42. The average molecular weight is 349 g/mol. The highest BCUT2D eigenvalue weighted by Gasteiger charge is 2.36. The molecule has 0 aliphatic carbocycles. The summed E-state index contributed by atoms with van der Waals surface area (Å²) >= 11 is 0.789. The Morgan fingerprint density at radius 2 is 2.08 bits per heavy atom. The molecule has 1 fully saturated rings. The van der Waals surface area contributed by atoms with E-state index in [1.807, 2.05) is 0 Å². The Morgan fingerprint density at radius 3 is 2.83 bits per heavy atom. The van der Waals surface area contributed by atoms with Crippen LogP contribution in [0.15, 0.2) is 23.1 Å². The number of hydrogen-bond acceptors (Lipinski definition) is 7. The fourth-order valence-corrected chi connectivity index (χ4v) is 3.06. The third kappa shape index (κ3) is 3.38. The Bertz CT molecular complexity index is 742. The molecular formula is C16H15NO6S. The van der Waals surface area contributed by atoms with Crippen molar-refractivity contribution in [2.75, 3.05) is 13.3 Å². The Kier molecular flexibility index (Phi) is 4.48. The molecule has 0 radical (unpaired) electrons. The van der Waals surface area contributed by atoms with Crippen LogP contribution < -0.4 is 9.47 Å². The van der Waals surface area contributed by atoms with Crippen LogP contribution in [0.4, 0.5) is 4.79 Å². The summed E-state index contributed by atoms with van der Waals surface area (Å²) < 4.78 is 15.5. The van der Waals surface area contributed by atoms with Crippen molar-refractivity contribution in [1.82, 2.24) is 4.90 Å². The molecule has 7 nitrogen and oxygen atoms in total. The van der Waals surface area contributed by atoms with Gasteiger partial charge in [-0.3, -0.25) is 19.3 Å². The molecule has 0 N–H and O–H groups in total. The lowest BCUT2D eigenvalue weighted by molar-refractivity contribution is -0.149. The molecule has 24 heavy (non-hydrogen) atoms. The number of hydrogen-bond donors (Lipinski definition) is 0. The van der Waals surface area contributed by atoms with Gasteiger partial charge in [-0.15, -0.1) is 0 Å². The molecule has 8 heteroatoms. The fraction of sp³-hybridized carbons (Fsp3) is 0.312. The summed E-state index contributed by atoms with van der Waals surface area (Å²) in [5.74, 6) is 0.0974. The van der Waals surface area contributed by atoms with Gasteiger partial charge in [0.2, 0.25) is 6.79 Å². The van der Waals surface area contributed by atoms with E-state index in [1.165, 1.54) is 0 Å². The minimum Gasteiger partial charge on any atom is -0.462 e. The van der Waals surface area contributed by atoms with Crippen LogP contribution in [0, 0.1) is 0 Å². The number of carbonyl (C=O) groups is 3. The molecule has 0 saturated carbocycles. The fourth-order valence-electron chi connectivity index (χ4n) is 2.22. The zero-order chi connectivity index (χ0) is 17.3.